The van der Waals surface area contributed by atoms with Gasteiger partial charge in [-0.1, -0.05) is 13.8 Å². The minimum Gasteiger partial charge on any atom is -0.455 e. The van der Waals surface area contributed by atoms with Crippen LogP contribution in [0.15, 0.2) is 42.9 Å². The average molecular weight is 476 g/mol. The molecule has 0 radical (unpaired) electrons. The summed E-state index contributed by atoms with van der Waals surface area (Å²) in [5.74, 6) is -0.0398. The van der Waals surface area contributed by atoms with Crippen LogP contribution in [0.25, 0.3) is 11.3 Å². The lowest BCUT2D eigenvalue weighted by Gasteiger charge is -2.26. The molecule has 0 spiro atoms. The minimum absolute atomic E-state index is 0.0935. The summed E-state index contributed by atoms with van der Waals surface area (Å²) in [6.45, 7) is 3.42. The Hall–Kier alpha value is -3.96. The number of ether oxygens (including phenoxy) is 1. The van der Waals surface area contributed by atoms with E-state index in [2.05, 4.69) is 20.4 Å². The molecule has 3 amide bonds. The quantitative estimate of drug-likeness (QED) is 0.538. The van der Waals surface area contributed by atoms with E-state index in [0.717, 1.165) is 19.4 Å². The third-order valence-electron chi connectivity index (χ3n) is 4.86. The van der Waals surface area contributed by atoms with Gasteiger partial charge in [0, 0.05) is 37.5 Å². The van der Waals surface area contributed by atoms with Gasteiger partial charge in [0.1, 0.15) is 17.3 Å². The van der Waals surface area contributed by atoms with Crippen molar-refractivity contribution in [2.24, 2.45) is 12.5 Å². The van der Waals surface area contributed by atoms with E-state index >= 15 is 0 Å². The summed E-state index contributed by atoms with van der Waals surface area (Å²) in [7, 11) is 1.80. The molecule has 0 saturated heterocycles. The van der Waals surface area contributed by atoms with Crippen LogP contribution in [0, 0.1) is 12.3 Å². The van der Waals surface area contributed by atoms with Gasteiger partial charge in [0.2, 0.25) is 5.91 Å². The highest BCUT2D eigenvalue weighted by molar-refractivity contribution is 6.00. The average Bonchev–Trinajstić information content (AvgIpc) is 3.15. The Bertz CT molecular complexity index is 1210. The number of anilines is 1. The largest absolute Gasteiger partial charge is 0.455 e. The molecular formula is C22H23F3N6O3. The molecule has 0 atom stereocenters. The van der Waals surface area contributed by atoms with Crippen LogP contribution in [0.3, 0.4) is 0 Å². The van der Waals surface area contributed by atoms with Crippen molar-refractivity contribution in [3.63, 3.8) is 0 Å². The number of rotatable bonds is 6. The lowest BCUT2D eigenvalue weighted by molar-refractivity contribution is -0.213. The summed E-state index contributed by atoms with van der Waals surface area (Å²) in [6.07, 6.45) is -0.380. The topological polar surface area (TPSA) is 111 Å². The second kappa shape index (κ2) is 9.49. The summed E-state index contributed by atoms with van der Waals surface area (Å²) in [4.78, 5) is 32.3. The molecule has 180 valence electrons. The number of nitrogens with one attached hydrogen (secondary N) is 2. The van der Waals surface area contributed by atoms with E-state index in [1.54, 1.807) is 49.2 Å². The number of nitrogens with zero attached hydrogens (tertiary/aromatic N) is 4. The number of imide groups is 1. The normalized spacial score (nSPS) is 11.7. The van der Waals surface area contributed by atoms with E-state index < -0.39 is 30.0 Å². The zero-order valence-corrected chi connectivity index (χ0v) is 18.9. The van der Waals surface area contributed by atoms with Gasteiger partial charge in [-0.05, 0) is 25.1 Å². The van der Waals surface area contributed by atoms with Crippen LogP contribution in [-0.4, -0.2) is 37.9 Å². The van der Waals surface area contributed by atoms with Crippen LogP contribution in [0.4, 0.5) is 23.8 Å². The Morgan fingerprint density at radius 1 is 1.18 bits per heavy atom. The number of aromatic nitrogens is 4. The maximum Gasteiger partial charge on any atom is 0.394 e. The number of urea groups is 1. The molecule has 0 saturated carbocycles. The lowest BCUT2D eigenvalue weighted by Crippen LogP contribution is -2.41. The standard InChI is InChI=1S/C22H23F3N6O3/c1-13-17(34-15-7-8-26-16(9-15)14-11-27-31(4)12-14)5-6-18(28-13)29-20(33)30-19(32)10-21(2,3)22(23,24)25/h5-9,11-12H,10H2,1-4H3,(H2,28,29,30,32,33). The van der Waals surface area contributed by atoms with Crippen LogP contribution in [-0.2, 0) is 11.8 Å². The van der Waals surface area contributed by atoms with Crippen molar-refractivity contribution in [1.29, 1.82) is 0 Å². The van der Waals surface area contributed by atoms with Gasteiger partial charge in [0.15, 0.2) is 0 Å². The lowest BCUT2D eigenvalue weighted by atomic mass is 9.88. The summed E-state index contributed by atoms with van der Waals surface area (Å²) in [5, 5.41) is 8.32. The van der Waals surface area contributed by atoms with E-state index in [9.17, 15) is 22.8 Å². The van der Waals surface area contributed by atoms with Crippen LogP contribution in [0.5, 0.6) is 11.5 Å². The molecule has 2 N–H and O–H groups in total. The molecule has 3 heterocycles. The van der Waals surface area contributed by atoms with Gasteiger partial charge < -0.3 is 4.74 Å². The number of aryl methyl sites for hydroxylation is 2. The molecule has 3 aromatic rings. The molecule has 0 unspecified atom stereocenters. The van der Waals surface area contributed by atoms with E-state index in [1.807, 2.05) is 11.5 Å². The van der Waals surface area contributed by atoms with Crippen molar-refractivity contribution in [1.82, 2.24) is 25.1 Å². The maximum atomic E-state index is 12.9. The minimum atomic E-state index is -4.58. The molecule has 0 bridgehead atoms. The Kier molecular flexibility index (Phi) is 6.89. The number of carbonyl (C=O) groups is 2. The van der Waals surface area contributed by atoms with Gasteiger partial charge in [-0.3, -0.25) is 25.1 Å². The van der Waals surface area contributed by atoms with Crippen molar-refractivity contribution >= 4 is 17.8 Å². The fourth-order valence-corrected chi connectivity index (χ4v) is 2.86. The Balaban J connectivity index is 1.62. The molecule has 0 aliphatic rings. The number of carbonyl (C=O) groups excluding carboxylic acids is 2. The molecule has 12 heteroatoms. The van der Waals surface area contributed by atoms with Crippen LogP contribution < -0.4 is 15.4 Å². The number of alkyl halides is 3. The first kappa shape index (κ1) is 24.7. The number of hydrogen-bond acceptors (Lipinski definition) is 6. The zero-order chi connectivity index (χ0) is 25.1. The van der Waals surface area contributed by atoms with Gasteiger partial charge >= 0.3 is 12.2 Å². The fourth-order valence-electron chi connectivity index (χ4n) is 2.86. The molecule has 3 rings (SSSR count). The molecule has 0 aliphatic heterocycles. The van der Waals surface area contributed by atoms with Crippen LogP contribution in [0.1, 0.15) is 26.0 Å². The molecule has 0 fully saturated rings. The number of hydrogen-bond donors (Lipinski definition) is 2. The summed E-state index contributed by atoms with van der Waals surface area (Å²) >= 11 is 0. The highest BCUT2D eigenvalue weighted by Crippen LogP contribution is 2.40. The third kappa shape index (κ3) is 6.09. The zero-order valence-electron chi connectivity index (χ0n) is 18.9. The van der Waals surface area contributed by atoms with E-state index in [4.69, 9.17) is 4.74 Å². The summed E-state index contributed by atoms with van der Waals surface area (Å²) in [5.41, 5.74) is -0.345. The molecule has 9 nitrogen and oxygen atoms in total. The predicted molar refractivity (Wildman–Crippen MR) is 117 cm³/mol. The molecule has 34 heavy (non-hydrogen) atoms. The van der Waals surface area contributed by atoms with Crippen LogP contribution in [0.2, 0.25) is 0 Å². The smallest absolute Gasteiger partial charge is 0.394 e. The van der Waals surface area contributed by atoms with Gasteiger partial charge in [-0.2, -0.15) is 18.3 Å². The first-order valence-electron chi connectivity index (χ1n) is 10.1. The van der Waals surface area contributed by atoms with Gasteiger partial charge in [-0.25, -0.2) is 9.78 Å². The monoisotopic (exact) mass is 476 g/mol. The SMILES string of the molecule is Cc1nc(NC(=O)NC(=O)CC(C)(C)C(F)(F)F)ccc1Oc1ccnc(-c2cnn(C)c2)c1. The number of halogens is 3. The molecule has 3 aromatic heterocycles. The highest BCUT2D eigenvalue weighted by atomic mass is 19.4. The number of pyridine rings is 2. The number of amides is 3. The van der Waals surface area contributed by atoms with Crippen LogP contribution >= 0.6 is 0 Å². The van der Waals surface area contributed by atoms with E-state index in [-0.39, 0.29) is 5.82 Å². The van der Waals surface area contributed by atoms with Crippen molar-refractivity contribution in [3.8, 4) is 22.8 Å². The second-order valence-corrected chi connectivity index (χ2v) is 8.22. The molecule has 0 aliphatic carbocycles. The summed E-state index contributed by atoms with van der Waals surface area (Å²) < 4.78 is 46.3. The third-order valence-corrected chi connectivity index (χ3v) is 4.86. The molecular weight excluding hydrogens is 453 g/mol. The fraction of sp³-hybridized carbons (Fsp3) is 0.318. The predicted octanol–water partition coefficient (Wildman–Crippen LogP) is 4.60. The van der Waals surface area contributed by atoms with Gasteiger partial charge in [0.05, 0.1) is 23.0 Å². The van der Waals surface area contributed by atoms with Gasteiger partial charge in [-0.15, -0.1) is 0 Å². The van der Waals surface area contributed by atoms with Crippen molar-refractivity contribution in [3.05, 3.63) is 48.5 Å². The first-order chi connectivity index (χ1) is 15.8. The Morgan fingerprint density at radius 3 is 2.53 bits per heavy atom. The van der Waals surface area contributed by atoms with E-state index in [1.165, 1.54) is 6.07 Å². The van der Waals surface area contributed by atoms with Crippen molar-refractivity contribution in [2.45, 2.75) is 33.4 Å². The summed E-state index contributed by atoms with van der Waals surface area (Å²) in [6, 6.07) is 5.43. The highest BCUT2D eigenvalue weighted by Gasteiger charge is 2.48. The first-order valence-corrected chi connectivity index (χ1v) is 10.1. The van der Waals surface area contributed by atoms with E-state index in [0.29, 0.717) is 22.9 Å². The van der Waals surface area contributed by atoms with Gasteiger partial charge in [0.25, 0.3) is 0 Å². The van der Waals surface area contributed by atoms with Crippen molar-refractivity contribution in [2.75, 3.05) is 5.32 Å². The second-order valence-electron chi connectivity index (χ2n) is 8.22. The molecule has 0 aromatic carbocycles. The maximum absolute atomic E-state index is 12.9. The Morgan fingerprint density at radius 2 is 1.91 bits per heavy atom. The Labute approximate surface area is 193 Å². The van der Waals surface area contributed by atoms with Crippen molar-refractivity contribution < 1.29 is 27.5 Å².